The molecule has 0 aliphatic heterocycles. The third-order valence-electron chi connectivity index (χ3n) is 4.92. The average molecular weight is 649 g/mol. The maximum atomic E-state index is 14.9. The summed E-state index contributed by atoms with van der Waals surface area (Å²) >= 11 is 17.2. The van der Waals surface area contributed by atoms with Crippen LogP contribution in [0.5, 0.6) is 0 Å². The molecule has 0 aliphatic rings. The van der Waals surface area contributed by atoms with E-state index in [-0.39, 0.29) is 22.2 Å². The zero-order valence-electron chi connectivity index (χ0n) is 19.2. The Kier molecular flexibility index (Phi) is 10.4. The van der Waals surface area contributed by atoms with Crippen molar-refractivity contribution < 1.29 is 53.5 Å². The van der Waals surface area contributed by atoms with Crippen LogP contribution in [0.3, 0.4) is 0 Å². The minimum Gasteiger partial charge on any atom is -0.345 e. The van der Waals surface area contributed by atoms with Crippen LogP contribution in [-0.4, -0.2) is 42.3 Å². The van der Waals surface area contributed by atoms with E-state index in [1.165, 1.54) is 5.32 Å². The minimum absolute atomic E-state index is 0.0197. The van der Waals surface area contributed by atoms with Crippen LogP contribution in [0.1, 0.15) is 33.0 Å². The van der Waals surface area contributed by atoms with Crippen LogP contribution >= 0.6 is 34.8 Å². The molecule has 3 N–H and O–H groups in total. The number of carbonyl (C=O) groups excluding carboxylic acids is 2. The molecule has 0 fully saturated rings. The van der Waals surface area contributed by atoms with Crippen LogP contribution in [0, 0.1) is 0 Å². The smallest absolute Gasteiger partial charge is 0.345 e. The predicted octanol–water partition coefficient (Wildman–Crippen LogP) is 7.32. The van der Waals surface area contributed by atoms with Crippen LogP contribution in [0.4, 0.5) is 43.9 Å². The van der Waals surface area contributed by atoms with Gasteiger partial charge >= 0.3 is 18.5 Å². The van der Waals surface area contributed by atoms with Gasteiger partial charge in [0.05, 0.1) is 26.2 Å². The van der Waals surface area contributed by atoms with Crippen molar-refractivity contribution in [1.29, 1.82) is 0 Å². The maximum absolute atomic E-state index is 14.9. The third kappa shape index (κ3) is 8.88. The molecule has 1 unspecified atom stereocenters. The first kappa shape index (κ1) is 33.5. The molecule has 0 saturated heterocycles. The van der Waals surface area contributed by atoms with Gasteiger partial charge in [0.15, 0.2) is 0 Å². The zero-order valence-corrected chi connectivity index (χ0v) is 21.5. The van der Waals surface area contributed by atoms with Gasteiger partial charge in [0.1, 0.15) is 24.8 Å². The van der Waals surface area contributed by atoms with E-state index in [1.54, 1.807) is 0 Å². The number of hydrazine groups is 1. The normalized spacial score (nSPS) is 13.7. The summed E-state index contributed by atoms with van der Waals surface area (Å²) in [6.07, 6.45) is -15.4. The van der Waals surface area contributed by atoms with Crippen LogP contribution < -0.4 is 11.2 Å². The summed E-state index contributed by atoms with van der Waals surface area (Å²) < 4.78 is 134. The summed E-state index contributed by atoms with van der Waals surface area (Å²) in [6, 6.07) is 2.40. The van der Waals surface area contributed by atoms with E-state index in [0.29, 0.717) is 12.1 Å². The number of nitrogens with two attached hydrogens (primary N) is 1. The van der Waals surface area contributed by atoms with Crippen molar-refractivity contribution in [3.8, 4) is 0 Å². The second kappa shape index (κ2) is 12.4. The van der Waals surface area contributed by atoms with Crippen LogP contribution in [0.2, 0.25) is 15.1 Å². The molecule has 0 heterocycles. The molecule has 0 aromatic heterocycles. The van der Waals surface area contributed by atoms with Crippen molar-refractivity contribution in [3.63, 3.8) is 0 Å². The molecule has 0 spiro atoms. The fraction of sp³-hybridized carbons (Fsp3) is 0.273. The molecule has 0 saturated carbocycles. The molecular weight excluding hydrogens is 635 g/mol. The van der Waals surface area contributed by atoms with E-state index in [0.717, 1.165) is 12.1 Å². The summed E-state index contributed by atoms with van der Waals surface area (Å²) in [6.45, 7) is -3.10. The number of nitrogens with one attached hydrogen (secondary N) is 1. The number of allylic oxidation sites excluding steroid dienone is 1. The molecule has 1 atom stereocenters. The molecular formula is C22H14Cl3F10N3O2. The predicted molar refractivity (Wildman–Crippen MR) is 125 cm³/mol. The highest BCUT2D eigenvalue weighted by Gasteiger charge is 2.41. The zero-order chi connectivity index (χ0) is 30.8. The lowest BCUT2D eigenvalue weighted by molar-refractivity contribution is -0.140. The van der Waals surface area contributed by atoms with Crippen molar-refractivity contribution >= 4 is 52.4 Å². The largest absolute Gasteiger partial charge is 0.417 e. The van der Waals surface area contributed by atoms with Gasteiger partial charge in [0.25, 0.3) is 5.91 Å². The summed E-state index contributed by atoms with van der Waals surface area (Å²) in [5.74, 6) is -2.46. The fourth-order valence-corrected chi connectivity index (χ4v) is 3.74. The molecule has 0 bridgehead atoms. The molecule has 0 aliphatic carbocycles. The molecule has 5 nitrogen and oxygen atoms in total. The minimum atomic E-state index is -5.39. The highest BCUT2D eigenvalue weighted by atomic mass is 35.5. The van der Waals surface area contributed by atoms with Crippen molar-refractivity contribution in [2.24, 2.45) is 5.84 Å². The van der Waals surface area contributed by atoms with Gasteiger partial charge in [0, 0.05) is 5.56 Å². The lowest BCUT2D eigenvalue weighted by Gasteiger charge is -2.21. The van der Waals surface area contributed by atoms with Gasteiger partial charge < -0.3 is 5.32 Å². The van der Waals surface area contributed by atoms with Gasteiger partial charge in [-0.15, -0.1) is 0 Å². The van der Waals surface area contributed by atoms with E-state index in [4.69, 9.17) is 40.6 Å². The maximum Gasteiger partial charge on any atom is 0.417 e. The Balaban J connectivity index is 2.47. The summed E-state index contributed by atoms with van der Waals surface area (Å²) in [4.78, 5) is 24.0. The Bertz CT molecular complexity index is 1290. The van der Waals surface area contributed by atoms with Gasteiger partial charge in [-0.2, -0.15) is 39.5 Å². The molecule has 2 aromatic carbocycles. The molecule has 2 rings (SSSR count). The van der Waals surface area contributed by atoms with Gasteiger partial charge in [-0.25, -0.2) is 10.2 Å². The third-order valence-corrected chi connectivity index (χ3v) is 6.12. The Morgan fingerprint density at radius 3 is 1.98 bits per heavy atom. The van der Waals surface area contributed by atoms with Crippen molar-refractivity contribution in [1.82, 2.24) is 10.3 Å². The molecule has 2 aromatic rings. The number of halogens is 13. The van der Waals surface area contributed by atoms with Gasteiger partial charge in [0.2, 0.25) is 5.91 Å². The number of nitrogens with zero attached hydrogens (tertiary/aromatic N) is 1. The second-order valence-corrected chi connectivity index (χ2v) is 9.11. The summed E-state index contributed by atoms with van der Waals surface area (Å²) in [5, 5.41) is 0.109. The molecule has 18 heteroatoms. The quantitative estimate of drug-likeness (QED) is 0.109. The lowest BCUT2D eigenvalue weighted by Crippen LogP contribution is -2.47. The van der Waals surface area contributed by atoms with E-state index >= 15 is 0 Å². The Morgan fingerprint density at radius 1 is 0.950 bits per heavy atom. The first-order valence-corrected chi connectivity index (χ1v) is 11.4. The second-order valence-electron chi connectivity index (χ2n) is 7.92. The lowest BCUT2D eigenvalue weighted by atomic mass is 9.95. The average Bonchev–Trinajstić information content (AvgIpc) is 2.81. The van der Waals surface area contributed by atoms with E-state index < -0.39 is 87.5 Å². The van der Waals surface area contributed by atoms with Crippen molar-refractivity contribution in [3.05, 3.63) is 73.7 Å². The highest BCUT2D eigenvalue weighted by Crippen LogP contribution is 2.43. The standard InChI is InChI=1S/C22H14Cl3F10N3O2/c23-14-4-10(5-15(24)18(14)25)12(21(30,31)32)6-16(26)9-1-2-11(13(3-9)22(33,34)35)19(40)38(36)7-17(39)37-8-20(27,28)29/h1-6,12H,7-8,36H2,(H,37,39)/b16-6-. The number of rotatable bonds is 7. The Hall–Kier alpha value is -2.75. The van der Waals surface area contributed by atoms with E-state index in [9.17, 15) is 53.5 Å². The molecule has 220 valence electrons. The number of benzene rings is 2. The number of hydrogen-bond donors (Lipinski definition) is 2. The number of carbonyl (C=O) groups is 2. The van der Waals surface area contributed by atoms with Crippen molar-refractivity contribution in [2.45, 2.75) is 24.4 Å². The SMILES string of the molecule is NN(CC(=O)NCC(F)(F)F)C(=O)c1ccc(/C(F)=C/C(c2cc(Cl)c(Cl)c(Cl)c2)C(F)(F)F)cc1C(F)(F)F. The van der Waals surface area contributed by atoms with Crippen LogP contribution in [0.15, 0.2) is 36.4 Å². The first-order valence-electron chi connectivity index (χ1n) is 10.3. The monoisotopic (exact) mass is 647 g/mol. The molecule has 40 heavy (non-hydrogen) atoms. The van der Waals surface area contributed by atoms with E-state index in [2.05, 4.69) is 0 Å². The number of alkyl halides is 9. The summed E-state index contributed by atoms with van der Waals surface area (Å²) in [5.41, 5.74) is -4.84. The van der Waals surface area contributed by atoms with Crippen LogP contribution in [0.25, 0.3) is 5.83 Å². The fourth-order valence-electron chi connectivity index (χ4n) is 3.13. The Morgan fingerprint density at radius 2 is 1.50 bits per heavy atom. The first-order chi connectivity index (χ1) is 18.1. The van der Waals surface area contributed by atoms with E-state index in [1.807, 2.05) is 0 Å². The Labute approximate surface area is 233 Å². The summed E-state index contributed by atoms with van der Waals surface area (Å²) in [7, 11) is 0. The highest BCUT2D eigenvalue weighted by molar-refractivity contribution is 6.48. The molecule has 0 radical (unpaired) electrons. The number of amides is 2. The molecule has 2 amide bonds. The number of hydrogen-bond acceptors (Lipinski definition) is 3. The van der Waals surface area contributed by atoms with Gasteiger partial charge in [-0.1, -0.05) is 40.9 Å². The van der Waals surface area contributed by atoms with Crippen molar-refractivity contribution in [2.75, 3.05) is 13.1 Å². The topological polar surface area (TPSA) is 75.4 Å². The van der Waals surface area contributed by atoms with Gasteiger partial charge in [-0.05, 0) is 35.9 Å². The van der Waals surface area contributed by atoms with Gasteiger partial charge in [-0.3, -0.25) is 14.6 Å². The van der Waals surface area contributed by atoms with Crippen LogP contribution in [-0.2, 0) is 11.0 Å².